The molecule has 1 aromatic carbocycles. The van der Waals surface area contributed by atoms with Crippen LogP contribution >= 0.6 is 11.6 Å². The summed E-state index contributed by atoms with van der Waals surface area (Å²) in [5.41, 5.74) is 4.59. The van der Waals surface area contributed by atoms with Crippen molar-refractivity contribution in [3.63, 3.8) is 0 Å². The number of hydrogen-bond acceptors (Lipinski definition) is 2. The summed E-state index contributed by atoms with van der Waals surface area (Å²) < 4.78 is 2.04. The number of rotatable bonds is 7. The van der Waals surface area contributed by atoms with E-state index >= 15 is 0 Å². The first-order chi connectivity index (χ1) is 10.2. The van der Waals surface area contributed by atoms with Crippen molar-refractivity contribution >= 4 is 11.6 Å². The number of nitrogens with one attached hydrogen (secondary N) is 1. The van der Waals surface area contributed by atoms with Gasteiger partial charge in [0.05, 0.1) is 6.20 Å². The van der Waals surface area contributed by atoms with E-state index in [1.165, 1.54) is 11.3 Å². The number of nitrogens with zero attached hydrogens (tertiary/aromatic N) is 2. The van der Waals surface area contributed by atoms with Gasteiger partial charge in [0.15, 0.2) is 0 Å². The molecule has 0 radical (unpaired) electrons. The Morgan fingerprint density at radius 1 is 1.19 bits per heavy atom. The van der Waals surface area contributed by atoms with Gasteiger partial charge in [0.25, 0.3) is 0 Å². The van der Waals surface area contributed by atoms with Gasteiger partial charge in [-0.25, -0.2) is 0 Å². The summed E-state index contributed by atoms with van der Waals surface area (Å²) in [6.45, 7) is 9.27. The van der Waals surface area contributed by atoms with E-state index in [-0.39, 0.29) is 0 Å². The molecule has 114 valence electrons. The maximum Gasteiger partial charge on any atom is 0.0571 e. The Balaban J connectivity index is 2.20. The van der Waals surface area contributed by atoms with Crippen molar-refractivity contribution in [3.8, 4) is 11.1 Å². The molecule has 3 nitrogen and oxygen atoms in total. The fraction of sp³-hybridized carbons (Fsp3) is 0.471. The van der Waals surface area contributed by atoms with Crippen LogP contribution < -0.4 is 5.32 Å². The molecule has 0 fully saturated rings. The van der Waals surface area contributed by atoms with E-state index in [9.17, 15) is 0 Å². The number of aryl methyl sites for hydroxylation is 1. The number of benzene rings is 1. The van der Waals surface area contributed by atoms with E-state index < -0.39 is 0 Å². The van der Waals surface area contributed by atoms with Crippen molar-refractivity contribution in [2.24, 2.45) is 0 Å². The Labute approximate surface area is 132 Å². The molecule has 0 spiro atoms. The normalized spacial score (nSPS) is 11.0. The number of aromatic nitrogens is 2. The Morgan fingerprint density at radius 2 is 2.00 bits per heavy atom. The van der Waals surface area contributed by atoms with Crippen LogP contribution in [0.4, 0.5) is 0 Å². The summed E-state index contributed by atoms with van der Waals surface area (Å²) in [4.78, 5) is 0. The summed E-state index contributed by atoms with van der Waals surface area (Å²) in [7, 11) is 0. The standard InChI is InChI=1S/C17H24ClN3/c1-4-8-19-11-14-6-7-15(17(18)10-14)16-12-20-21(9-5-2)13(16)3/h6-7,10,12,19H,4-5,8-9,11H2,1-3H3. The van der Waals surface area contributed by atoms with Crippen molar-refractivity contribution < 1.29 is 0 Å². The molecule has 0 bridgehead atoms. The first-order valence-electron chi connectivity index (χ1n) is 7.69. The molecule has 0 amide bonds. The zero-order valence-corrected chi connectivity index (χ0v) is 13.9. The monoisotopic (exact) mass is 305 g/mol. The highest BCUT2D eigenvalue weighted by molar-refractivity contribution is 6.33. The molecule has 0 unspecified atom stereocenters. The van der Waals surface area contributed by atoms with Crippen LogP contribution in [0.25, 0.3) is 11.1 Å². The second kappa shape index (κ2) is 7.62. The quantitative estimate of drug-likeness (QED) is 0.767. The molecule has 1 N–H and O–H groups in total. The van der Waals surface area contributed by atoms with Gasteiger partial charge in [0.2, 0.25) is 0 Å². The molecule has 0 atom stereocenters. The van der Waals surface area contributed by atoms with Crippen molar-refractivity contribution in [1.29, 1.82) is 0 Å². The summed E-state index contributed by atoms with van der Waals surface area (Å²) in [6.07, 6.45) is 4.14. The van der Waals surface area contributed by atoms with E-state index in [4.69, 9.17) is 11.6 Å². The van der Waals surface area contributed by atoms with Crippen molar-refractivity contribution in [1.82, 2.24) is 15.1 Å². The summed E-state index contributed by atoms with van der Waals surface area (Å²) >= 11 is 6.47. The Kier molecular flexibility index (Phi) is 5.83. The van der Waals surface area contributed by atoms with Gasteiger partial charge in [0.1, 0.15) is 0 Å². The van der Waals surface area contributed by atoms with E-state index in [1.807, 2.05) is 10.9 Å². The Morgan fingerprint density at radius 3 is 2.67 bits per heavy atom. The average Bonchev–Trinajstić information content (AvgIpc) is 2.82. The van der Waals surface area contributed by atoms with Gasteiger partial charge in [0, 0.05) is 34.9 Å². The lowest BCUT2D eigenvalue weighted by atomic mass is 10.0. The largest absolute Gasteiger partial charge is 0.313 e. The first-order valence-corrected chi connectivity index (χ1v) is 8.07. The van der Waals surface area contributed by atoms with E-state index in [1.54, 1.807) is 0 Å². The highest BCUT2D eigenvalue weighted by Gasteiger charge is 2.11. The zero-order valence-electron chi connectivity index (χ0n) is 13.1. The van der Waals surface area contributed by atoms with Crippen LogP contribution in [-0.4, -0.2) is 16.3 Å². The molecule has 0 saturated carbocycles. The lowest BCUT2D eigenvalue weighted by Crippen LogP contribution is -2.13. The summed E-state index contributed by atoms with van der Waals surface area (Å²) in [5.74, 6) is 0. The van der Waals surface area contributed by atoms with Gasteiger partial charge in [-0.05, 0) is 37.9 Å². The van der Waals surface area contributed by atoms with Crippen LogP contribution in [0.3, 0.4) is 0 Å². The van der Waals surface area contributed by atoms with Gasteiger partial charge >= 0.3 is 0 Å². The Bertz CT molecular complexity index is 590. The highest BCUT2D eigenvalue weighted by Crippen LogP contribution is 2.31. The molecular weight excluding hydrogens is 282 g/mol. The minimum absolute atomic E-state index is 0.796. The minimum Gasteiger partial charge on any atom is -0.313 e. The topological polar surface area (TPSA) is 29.9 Å². The molecule has 0 aliphatic carbocycles. The number of halogens is 1. The van der Waals surface area contributed by atoms with Crippen LogP contribution in [0.15, 0.2) is 24.4 Å². The van der Waals surface area contributed by atoms with Gasteiger partial charge in [-0.15, -0.1) is 0 Å². The molecule has 1 heterocycles. The minimum atomic E-state index is 0.796. The molecule has 0 saturated heterocycles. The molecule has 21 heavy (non-hydrogen) atoms. The molecule has 0 aliphatic heterocycles. The van der Waals surface area contributed by atoms with Gasteiger partial charge in [-0.3, -0.25) is 4.68 Å². The third kappa shape index (κ3) is 3.86. The molecular formula is C17H24ClN3. The SMILES string of the molecule is CCCNCc1ccc(-c2cnn(CCC)c2C)c(Cl)c1. The fourth-order valence-corrected chi connectivity index (χ4v) is 2.75. The fourth-order valence-electron chi connectivity index (χ4n) is 2.44. The summed E-state index contributed by atoms with van der Waals surface area (Å²) in [6, 6.07) is 6.29. The molecule has 2 aromatic rings. The maximum atomic E-state index is 6.47. The summed E-state index contributed by atoms with van der Waals surface area (Å²) in [5, 5.41) is 8.64. The van der Waals surface area contributed by atoms with Crippen LogP contribution in [0.2, 0.25) is 5.02 Å². The van der Waals surface area contributed by atoms with Crippen molar-refractivity contribution in [2.75, 3.05) is 6.54 Å². The predicted octanol–water partition coefficient (Wildman–Crippen LogP) is 4.42. The van der Waals surface area contributed by atoms with Crippen molar-refractivity contribution in [2.45, 2.75) is 46.7 Å². The van der Waals surface area contributed by atoms with E-state index in [0.717, 1.165) is 48.6 Å². The third-order valence-corrected chi connectivity index (χ3v) is 3.93. The molecule has 1 aromatic heterocycles. The van der Waals surface area contributed by atoms with Crippen LogP contribution in [0.1, 0.15) is 37.9 Å². The zero-order chi connectivity index (χ0) is 15.2. The second-order valence-corrected chi connectivity index (χ2v) is 5.76. The van der Waals surface area contributed by atoms with Gasteiger partial charge in [-0.2, -0.15) is 5.10 Å². The third-order valence-electron chi connectivity index (χ3n) is 3.62. The maximum absolute atomic E-state index is 6.47. The second-order valence-electron chi connectivity index (χ2n) is 5.36. The van der Waals surface area contributed by atoms with E-state index in [2.05, 4.69) is 49.4 Å². The Hall–Kier alpha value is -1.32. The highest BCUT2D eigenvalue weighted by atomic mass is 35.5. The van der Waals surface area contributed by atoms with Crippen molar-refractivity contribution in [3.05, 3.63) is 40.7 Å². The number of hydrogen-bond donors (Lipinski definition) is 1. The first kappa shape index (κ1) is 16.1. The molecule has 4 heteroatoms. The average molecular weight is 306 g/mol. The molecule has 0 aliphatic rings. The smallest absolute Gasteiger partial charge is 0.0571 e. The lowest BCUT2D eigenvalue weighted by molar-refractivity contribution is 0.587. The van der Waals surface area contributed by atoms with Gasteiger partial charge in [-0.1, -0.05) is 37.6 Å². The van der Waals surface area contributed by atoms with E-state index in [0.29, 0.717) is 0 Å². The lowest BCUT2D eigenvalue weighted by Gasteiger charge is -2.09. The van der Waals surface area contributed by atoms with Gasteiger partial charge < -0.3 is 5.32 Å². The van der Waals surface area contributed by atoms with Crippen LogP contribution in [-0.2, 0) is 13.1 Å². The van der Waals surface area contributed by atoms with Crippen LogP contribution in [0, 0.1) is 6.92 Å². The predicted molar refractivity (Wildman–Crippen MR) is 89.7 cm³/mol. The molecule has 2 rings (SSSR count). The van der Waals surface area contributed by atoms with Crippen LogP contribution in [0.5, 0.6) is 0 Å².